The minimum absolute atomic E-state index is 0. The second-order valence-corrected chi connectivity index (χ2v) is 6.64. The van der Waals surface area contributed by atoms with Crippen molar-refractivity contribution in [3.63, 3.8) is 0 Å². The topological polar surface area (TPSA) is 55.1 Å². The average molecular weight is 325 g/mol. The fourth-order valence-electron chi connectivity index (χ4n) is 2.79. The first-order chi connectivity index (χ1) is 10.0. The summed E-state index contributed by atoms with van der Waals surface area (Å²) in [5.74, 6) is 0.734. The van der Waals surface area contributed by atoms with Crippen molar-refractivity contribution in [3.8, 4) is 0 Å². The molecule has 1 unspecified atom stereocenters. The molecule has 1 fully saturated rings. The predicted octanol–water partition coefficient (Wildman–Crippen LogP) is 3.37. The van der Waals surface area contributed by atoms with Gasteiger partial charge in [0.05, 0.1) is 5.54 Å². The second-order valence-electron chi connectivity index (χ2n) is 6.64. The maximum atomic E-state index is 12.0. The van der Waals surface area contributed by atoms with Crippen LogP contribution in [0.1, 0.15) is 50.2 Å². The van der Waals surface area contributed by atoms with Crippen LogP contribution in [-0.2, 0) is 11.2 Å². The van der Waals surface area contributed by atoms with Crippen LogP contribution in [0.4, 0.5) is 0 Å². The normalized spacial score (nSPS) is 16.5. The molecule has 1 aliphatic carbocycles. The van der Waals surface area contributed by atoms with Gasteiger partial charge in [0, 0.05) is 13.0 Å². The molecule has 0 heterocycles. The molecule has 22 heavy (non-hydrogen) atoms. The van der Waals surface area contributed by atoms with Gasteiger partial charge in [0.1, 0.15) is 0 Å². The van der Waals surface area contributed by atoms with E-state index in [9.17, 15) is 4.79 Å². The smallest absolute Gasteiger partial charge is 0.220 e. The standard InChI is InChI=1S/C18H28N2O.ClH/c1-14-7-9-15(10-8-14)5-3-4-6-17(21)20-18(2,13-19)16-11-12-16;/h7-10,16H,3-6,11-13,19H2,1-2H3,(H,20,21);1H. The number of halogens is 1. The molecule has 3 N–H and O–H groups in total. The summed E-state index contributed by atoms with van der Waals surface area (Å²) in [4.78, 5) is 12.0. The Morgan fingerprint density at radius 1 is 1.27 bits per heavy atom. The summed E-state index contributed by atoms with van der Waals surface area (Å²) in [6.45, 7) is 4.71. The van der Waals surface area contributed by atoms with Crippen LogP contribution in [0, 0.1) is 12.8 Å². The number of nitrogens with two attached hydrogens (primary N) is 1. The molecule has 1 aromatic carbocycles. The first-order valence-corrected chi connectivity index (χ1v) is 8.10. The number of carbonyl (C=O) groups excluding carboxylic acids is 1. The van der Waals surface area contributed by atoms with Crippen LogP contribution in [0.2, 0.25) is 0 Å². The summed E-state index contributed by atoms with van der Waals surface area (Å²) in [5.41, 5.74) is 8.28. The molecule has 1 atom stereocenters. The zero-order valence-electron chi connectivity index (χ0n) is 13.7. The summed E-state index contributed by atoms with van der Waals surface area (Å²) in [5, 5.41) is 3.15. The highest BCUT2D eigenvalue weighted by molar-refractivity contribution is 5.85. The van der Waals surface area contributed by atoms with E-state index >= 15 is 0 Å². The van der Waals surface area contributed by atoms with Crippen LogP contribution in [0.5, 0.6) is 0 Å². The van der Waals surface area contributed by atoms with Gasteiger partial charge in [0.2, 0.25) is 5.91 Å². The highest BCUT2D eigenvalue weighted by atomic mass is 35.5. The second kappa shape index (κ2) is 8.54. The Morgan fingerprint density at radius 3 is 2.45 bits per heavy atom. The van der Waals surface area contributed by atoms with E-state index in [0.717, 1.165) is 19.3 Å². The zero-order valence-corrected chi connectivity index (χ0v) is 14.5. The van der Waals surface area contributed by atoms with Crippen molar-refractivity contribution in [1.82, 2.24) is 5.32 Å². The monoisotopic (exact) mass is 324 g/mol. The van der Waals surface area contributed by atoms with E-state index < -0.39 is 0 Å². The molecular formula is C18H29ClN2O. The van der Waals surface area contributed by atoms with Gasteiger partial charge in [0.15, 0.2) is 0 Å². The highest BCUT2D eigenvalue weighted by Gasteiger charge is 2.41. The molecule has 1 amide bonds. The molecule has 2 rings (SSSR count). The molecule has 0 aromatic heterocycles. The van der Waals surface area contributed by atoms with Crippen molar-refractivity contribution in [3.05, 3.63) is 35.4 Å². The SMILES string of the molecule is Cc1ccc(CCCCC(=O)NC(C)(CN)C2CC2)cc1.Cl. The maximum absolute atomic E-state index is 12.0. The molecule has 0 aliphatic heterocycles. The summed E-state index contributed by atoms with van der Waals surface area (Å²) in [7, 11) is 0. The van der Waals surface area contributed by atoms with E-state index in [4.69, 9.17) is 5.73 Å². The number of hydrogen-bond acceptors (Lipinski definition) is 2. The molecule has 1 saturated carbocycles. The lowest BCUT2D eigenvalue weighted by Gasteiger charge is -2.29. The largest absolute Gasteiger partial charge is 0.349 e. The fourth-order valence-corrected chi connectivity index (χ4v) is 2.79. The van der Waals surface area contributed by atoms with E-state index in [-0.39, 0.29) is 23.9 Å². The maximum Gasteiger partial charge on any atom is 0.220 e. The van der Waals surface area contributed by atoms with Crippen molar-refractivity contribution in [2.45, 2.75) is 57.9 Å². The first-order valence-electron chi connectivity index (χ1n) is 8.10. The van der Waals surface area contributed by atoms with Gasteiger partial charge in [-0.05, 0) is 57.4 Å². The van der Waals surface area contributed by atoms with E-state index in [1.165, 1.54) is 24.0 Å². The number of carbonyl (C=O) groups is 1. The van der Waals surface area contributed by atoms with Gasteiger partial charge in [0.25, 0.3) is 0 Å². The molecule has 124 valence electrons. The van der Waals surface area contributed by atoms with Crippen LogP contribution in [0.15, 0.2) is 24.3 Å². The Balaban J connectivity index is 0.00000242. The van der Waals surface area contributed by atoms with Crippen molar-refractivity contribution < 1.29 is 4.79 Å². The molecule has 0 radical (unpaired) electrons. The van der Waals surface area contributed by atoms with Crippen LogP contribution in [0.25, 0.3) is 0 Å². The molecule has 3 nitrogen and oxygen atoms in total. The van der Waals surface area contributed by atoms with Crippen molar-refractivity contribution >= 4 is 18.3 Å². The van der Waals surface area contributed by atoms with Crippen LogP contribution in [-0.4, -0.2) is 18.0 Å². The lowest BCUT2D eigenvalue weighted by atomic mass is 9.95. The fraction of sp³-hybridized carbons (Fsp3) is 0.611. The minimum atomic E-state index is -0.186. The summed E-state index contributed by atoms with van der Waals surface area (Å²) < 4.78 is 0. The zero-order chi connectivity index (χ0) is 15.3. The third kappa shape index (κ3) is 5.62. The molecule has 1 aliphatic rings. The minimum Gasteiger partial charge on any atom is -0.349 e. The Kier molecular flexibility index (Phi) is 7.37. The van der Waals surface area contributed by atoms with Gasteiger partial charge in [-0.2, -0.15) is 0 Å². The number of amides is 1. The molecule has 4 heteroatoms. The van der Waals surface area contributed by atoms with Crippen LogP contribution >= 0.6 is 12.4 Å². The van der Waals surface area contributed by atoms with Crippen molar-refractivity contribution in [2.24, 2.45) is 11.7 Å². The molecular weight excluding hydrogens is 296 g/mol. The highest BCUT2D eigenvalue weighted by Crippen LogP contribution is 2.39. The van der Waals surface area contributed by atoms with E-state index in [1.807, 2.05) is 0 Å². The number of hydrogen-bond donors (Lipinski definition) is 2. The molecule has 0 bridgehead atoms. The Labute approximate surface area is 140 Å². The molecule has 1 aromatic rings. The lowest BCUT2D eigenvalue weighted by molar-refractivity contribution is -0.123. The number of nitrogens with one attached hydrogen (secondary N) is 1. The molecule has 0 saturated heterocycles. The van der Waals surface area contributed by atoms with Gasteiger partial charge in [-0.25, -0.2) is 0 Å². The van der Waals surface area contributed by atoms with Crippen LogP contribution < -0.4 is 11.1 Å². The summed E-state index contributed by atoms with van der Waals surface area (Å²) in [6, 6.07) is 8.64. The van der Waals surface area contributed by atoms with Gasteiger partial charge in [-0.15, -0.1) is 12.4 Å². The van der Waals surface area contributed by atoms with Gasteiger partial charge in [-0.1, -0.05) is 29.8 Å². The quantitative estimate of drug-likeness (QED) is 0.720. The number of benzene rings is 1. The van der Waals surface area contributed by atoms with E-state index in [2.05, 4.69) is 43.4 Å². The summed E-state index contributed by atoms with van der Waals surface area (Å²) in [6.07, 6.45) is 6.03. The van der Waals surface area contributed by atoms with Crippen LogP contribution in [0.3, 0.4) is 0 Å². The summed E-state index contributed by atoms with van der Waals surface area (Å²) >= 11 is 0. The van der Waals surface area contributed by atoms with Gasteiger partial charge in [-0.3, -0.25) is 4.79 Å². The Bertz CT molecular complexity index is 470. The predicted molar refractivity (Wildman–Crippen MR) is 94.3 cm³/mol. The van der Waals surface area contributed by atoms with Crippen molar-refractivity contribution in [1.29, 1.82) is 0 Å². The third-order valence-electron chi connectivity index (χ3n) is 4.57. The third-order valence-corrected chi connectivity index (χ3v) is 4.57. The molecule has 0 spiro atoms. The average Bonchev–Trinajstić information content (AvgIpc) is 3.30. The Hall–Kier alpha value is -1.06. The number of unbranched alkanes of at least 4 members (excludes halogenated alkanes) is 1. The first kappa shape index (κ1) is 19.0. The van der Waals surface area contributed by atoms with E-state index in [0.29, 0.717) is 18.9 Å². The van der Waals surface area contributed by atoms with Gasteiger partial charge >= 0.3 is 0 Å². The van der Waals surface area contributed by atoms with E-state index in [1.54, 1.807) is 0 Å². The van der Waals surface area contributed by atoms with Gasteiger partial charge < -0.3 is 11.1 Å². The number of aryl methyl sites for hydroxylation is 2. The van der Waals surface area contributed by atoms with Crippen molar-refractivity contribution in [2.75, 3.05) is 6.54 Å². The Morgan fingerprint density at radius 2 is 1.91 bits per heavy atom. The number of rotatable bonds is 8. The lowest BCUT2D eigenvalue weighted by Crippen LogP contribution is -2.53.